The standard InChI is InChI=1S/C23H26N4O3S/c1-23(2,3)30-22(28)26-12-11-19(24)29-20(25)14-21-27-17-10-9-16(13-18(17)31-21)15-7-5-4-6-8-15/h4-10,13,24-25H,11-12,14H2,1-3H3,(H,26,28). The van der Waals surface area contributed by atoms with Gasteiger partial charge >= 0.3 is 6.09 Å². The van der Waals surface area contributed by atoms with Crippen LogP contribution < -0.4 is 5.32 Å². The molecule has 1 heterocycles. The maximum atomic E-state index is 11.6. The molecule has 0 radical (unpaired) electrons. The third kappa shape index (κ3) is 6.89. The van der Waals surface area contributed by atoms with Gasteiger partial charge in [0.2, 0.25) is 0 Å². The molecule has 0 atom stereocenters. The van der Waals surface area contributed by atoms with E-state index in [4.69, 9.17) is 20.3 Å². The summed E-state index contributed by atoms with van der Waals surface area (Å²) in [5.74, 6) is -0.141. The van der Waals surface area contributed by atoms with Gasteiger partial charge in [0.05, 0.1) is 16.6 Å². The van der Waals surface area contributed by atoms with Gasteiger partial charge in [-0.2, -0.15) is 0 Å². The van der Waals surface area contributed by atoms with Crippen molar-refractivity contribution in [3.05, 3.63) is 53.5 Å². The molecule has 3 aromatic rings. The molecule has 31 heavy (non-hydrogen) atoms. The van der Waals surface area contributed by atoms with Crippen molar-refractivity contribution in [2.24, 2.45) is 0 Å². The summed E-state index contributed by atoms with van der Waals surface area (Å²) >= 11 is 1.51. The molecule has 1 aromatic heterocycles. The van der Waals surface area contributed by atoms with Crippen LogP contribution in [0.2, 0.25) is 0 Å². The second-order valence-corrected chi connectivity index (χ2v) is 9.08. The Labute approximate surface area is 185 Å². The highest BCUT2D eigenvalue weighted by Gasteiger charge is 2.16. The zero-order chi connectivity index (χ0) is 22.4. The number of hydrogen-bond donors (Lipinski definition) is 3. The summed E-state index contributed by atoms with van der Waals surface area (Å²) in [5, 5.41) is 19.2. The summed E-state index contributed by atoms with van der Waals surface area (Å²) in [4.78, 5) is 16.2. The van der Waals surface area contributed by atoms with Crippen LogP contribution in [0.15, 0.2) is 48.5 Å². The van der Waals surface area contributed by atoms with E-state index in [0.717, 1.165) is 26.4 Å². The maximum absolute atomic E-state index is 11.6. The number of nitrogens with one attached hydrogen (secondary N) is 3. The molecule has 0 saturated carbocycles. The molecule has 0 unspecified atom stereocenters. The van der Waals surface area contributed by atoms with Gasteiger partial charge in [0.25, 0.3) is 0 Å². The first-order valence-electron chi connectivity index (χ1n) is 9.94. The molecule has 162 valence electrons. The number of rotatable bonds is 6. The molecule has 0 aliphatic rings. The quantitative estimate of drug-likeness (QED) is 0.354. The van der Waals surface area contributed by atoms with Crippen LogP contribution in [0.3, 0.4) is 0 Å². The number of hydrogen-bond acceptors (Lipinski definition) is 7. The van der Waals surface area contributed by atoms with Crippen molar-refractivity contribution in [2.45, 2.75) is 39.2 Å². The Hall–Kier alpha value is -3.26. The van der Waals surface area contributed by atoms with Gasteiger partial charge in [-0.3, -0.25) is 10.8 Å². The van der Waals surface area contributed by atoms with Gasteiger partial charge in [0.15, 0.2) is 11.8 Å². The largest absolute Gasteiger partial charge is 0.444 e. The minimum absolute atomic E-state index is 0.0513. The molecule has 0 spiro atoms. The van der Waals surface area contributed by atoms with E-state index in [-0.39, 0.29) is 31.2 Å². The fourth-order valence-corrected chi connectivity index (χ4v) is 3.83. The molecular formula is C23H26N4O3S. The Morgan fingerprint density at radius 1 is 1.06 bits per heavy atom. The van der Waals surface area contributed by atoms with E-state index >= 15 is 0 Å². The predicted octanol–water partition coefficient (Wildman–Crippen LogP) is 5.39. The third-order valence-electron chi connectivity index (χ3n) is 4.12. The molecule has 3 N–H and O–H groups in total. The zero-order valence-corrected chi connectivity index (χ0v) is 18.6. The lowest BCUT2D eigenvalue weighted by atomic mass is 10.1. The first-order valence-corrected chi connectivity index (χ1v) is 10.8. The lowest BCUT2D eigenvalue weighted by Crippen LogP contribution is -2.33. The molecule has 1 amide bonds. The number of aromatic nitrogens is 1. The van der Waals surface area contributed by atoms with E-state index < -0.39 is 11.7 Å². The smallest absolute Gasteiger partial charge is 0.407 e. The van der Waals surface area contributed by atoms with E-state index in [1.165, 1.54) is 11.3 Å². The van der Waals surface area contributed by atoms with Gasteiger partial charge in [-0.25, -0.2) is 9.78 Å². The van der Waals surface area contributed by atoms with Crippen molar-refractivity contribution < 1.29 is 14.3 Å². The molecule has 8 heteroatoms. The van der Waals surface area contributed by atoms with Crippen LogP contribution in [0.25, 0.3) is 21.3 Å². The van der Waals surface area contributed by atoms with E-state index in [9.17, 15) is 4.79 Å². The van der Waals surface area contributed by atoms with Crippen LogP contribution in [0.1, 0.15) is 32.2 Å². The van der Waals surface area contributed by atoms with Crippen LogP contribution in [-0.4, -0.2) is 35.0 Å². The van der Waals surface area contributed by atoms with Crippen LogP contribution in [-0.2, 0) is 15.9 Å². The summed E-state index contributed by atoms with van der Waals surface area (Å²) in [7, 11) is 0. The predicted molar refractivity (Wildman–Crippen MR) is 124 cm³/mol. The lowest BCUT2D eigenvalue weighted by Gasteiger charge is -2.19. The molecule has 2 aromatic carbocycles. The summed E-state index contributed by atoms with van der Waals surface area (Å²) < 4.78 is 11.4. The Morgan fingerprint density at radius 2 is 1.81 bits per heavy atom. The Balaban J connectivity index is 1.51. The van der Waals surface area contributed by atoms with E-state index in [2.05, 4.69) is 28.5 Å². The molecule has 0 aliphatic heterocycles. The van der Waals surface area contributed by atoms with Crippen LogP contribution in [0.4, 0.5) is 4.79 Å². The maximum Gasteiger partial charge on any atom is 0.407 e. The molecule has 0 fully saturated rings. The molecular weight excluding hydrogens is 412 g/mol. The normalized spacial score (nSPS) is 11.2. The molecule has 0 aliphatic carbocycles. The number of fused-ring (bicyclic) bond motifs is 1. The highest BCUT2D eigenvalue weighted by Crippen LogP contribution is 2.28. The van der Waals surface area contributed by atoms with Gasteiger partial charge < -0.3 is 14.8 Å². The lowest BCUT2D eigenvalue weighted by molar-refractivity contribution is 0.0529. The van der Waals surface area contributed by atoms with Crippen LogP contribution in [0, 0.1) is 10.8 Å². The summed E-state index contributed by atoms with van der Waals surface area (Å²) in [5.41, 5.74) is 2.57. The summed E-state index contributed by atoms with van der Waals surface area (Å²) in [6, 6.07) is 16.3. The van der Waals surface area contributed by atoms with E-state index in [1.54, 1.807) is 20.8 Å². The number of benzene rings is 2. The highest BCUT2D eigenvalue weighted by atomic mass is 32.1. The minimum atomic E-state index is -0.574. The first kappa shape index (κ1) is 22.4. The van der Waals surface area contributed by atoms with Crippen molar-refractivity contribution in [1.82, 2.24) is 10.3 Å². The SMILES string of the molecule is CC(C)(C)OC(=O)NCCC(=N)OC(=N)Cc1nc2ccc(-c3ccccc3)cc2s1. The first-order chi connectivity index (χ1) is 14.7. The Kier molecular flexibility index (Phi) is 7.02. The monoisotopic (exact) mass is 438 g/mol. The van der Waals surface area contributed by atoms with Crippen molar-refractivity contribution >= 4 is 39.4 Å². The zero-order valence-electron chi connectivity index (χ0n) is 17.8. The number of nitrogens with zero attached hydrogens (tertiary/aromatic N) is 1. The highest BCUT2D eigenvalue weighted by molar-refractivity contribution is 7.18. The third-order valence-corrected chi connectivity index (χ3v) is 5.14. The number of ether oxygens (including phenoxy) is 2. The number of carbonyl (C=O) groups excluding carboxylic acids is 1. The van der Waals surface area contributed by atoms with Gasteiger partial charge in [-0.15, -0.1) is 11.3 Å². The van der Waals surface area contributed by atoms with Crippen molar-refractivity contribution in [1.29, 1.82) is 10.8 Å². The Morgan fingerprint density at radius 3 is 2.52 bits per heavy atom. The molecule has 7 nitrogen and oxygen atoms in total. The van der Waals surface area contributed by atoms with Gasteiger partial charge in [-0.1, -0.05) is 36.4 Å². The van der Waals surface area contributed by atoms with Crippen LogP contribution >= 0.6 is 11.3 Å². The van der Waals surface area contributed by atoms with E-state index in [1.807, 2.05) is 30.3 Å². The van der Waals surface area contributed by atoms with Crippen LogP contribution in [0.5, 0.6) is 0 Å². The molecule has 3 rings (SSSR count). The van der Waals surface area contributed by atoms with E-state index in [0.29, 0.717) is 0 Å². The number of carbonyl (C=O) groups is 1. The number of alkyl carbamates (subject to hydrolysis) is 1. The summed E-state index contributed by atoms with van der Waals surface area (Å²) in [6.07, 6.45) is -0.163. The number of thiazole rings is 1. The second kappa shape index (κ2) is 9.70. The molecule has 0 bridgehead atoms. The fraction of sp³-hybridized carbons (Fsp3) is 0.304. The number of amides is 1. The van der Waals surface area contributed by atoms with Gasteiger partial charge in [0, 0.05) is 13.0 Å². The minimum Gasteiger partial charge on any atom is -0.444 e. The van der Waals surface area contributed by atoms with Crippen molar-refractivity contribution in [2.75, 3.05) is 6.54 Å². The van der Waals surface area contributed by atoms with Crippen molar-refractivity contribution in [3.8, 4) is 11.1 Å². The van der Waals surface area contributed by atoms with Gasteiger partial charge in [-0.05, 0) is 44.0 Å². The summed E-state index contributed by atoms with van der Waals surface area (Å²) in [6.45, 7) is 5.54. The average Bonchev–Trinajstić information content (AvgIpc) is 3.08. The fourth-order valence-electron chi connectivity index (χ4n) is 2.82. The molecule has 0 saturated heterocycles. The topological polar surface area (TPSA) is 108 Å². The average molecular weight is 439 g/mol. The van der Waals surface area contributed by atoms with Crippen molar-refractivity contribution in [3.63, 3.8) is 0 Å². The second-order valence-electron chi connectivity index (χ2n) is 7.96. The Bertz CT molecular complexity index is 1090. The van der Waals surface area contributed by atoms with Gasteiger partial charge in [0.1, 0.15) is 10.6 Å².